The fourth-order valence-corrected chi connectivity index (χ4v) is 5.26. The normalized spacial score (nSPS) is 31.4. The van der Waals surface area contributed by atoms with Crippen molar-refractivity contribution in [3.8, 4) is 17.5 Å². The van der Waals surface area contributed by atoms with E-state index in [4.69, 9.17) is 37.9 Å². The van der Waals surface area contributed by atoms with Crippen LogP contribution >= 0.6 is 0 Å². The molecule has 5 atom stereocenters. The summed E-state index contributed by atoms with van der Waals surface area (Å²) in [5.74, 6) is 0.677. The highest BCUT2D eigenvalue weighted by Gasteiger charge is 2.60. The Morgan fingerprint density at radius 2 is 1.67 bits per heavy atom. The molecule has 0 spiro atoms. The van der Waals surface area contributed by atoms with Crippen LogP contribution in [-0.4, -0.2) is 76.7 Å². The highest BCUT2D eigenvalue weighted by atomic mass is 16.9. The van der Waals surface area contributed by atoms with Gasteiger partial charge in [-0.15, -0.1) is 0 Å². The molecule has 0 bridgehead atoms. The number of benzene rings is 1. The average Bonchev–Trinajstić information content (AvgIpc) is 3.29. The summed E-state index contributed by atoms with van der Waals surface area (Å²) in [4.78, 5) is 13.5. The van der Waals surface area contributed by atoms with E-state index in [1.165, 1.54) is 0 Å². The van der Waals surface area contributed by atoms with Gasteiger partial charge in [-0.05, 0) is 46.6 Å². The number of aromatic nitrogens is 3. The van der Waals surface area contributed by atoms with E-state index in [0.717, 1.165) is 29.9 Å². The van der Waals surface area contributed by atoms with Crippen molar-refractivity contribution in [2.45, 2.75) is 95.4 Å². The molecule has 0 unspecified atom stereocenters. The first-order valence-electron chi connectivity index (χ1n) is 13.3. The van der Waals surface area contributed by atoms with Crippen LogP contribution in [0.5, 0.6) is 17.5 Å². The lowest BCUT2D eigenvalue weighted by Gasteiger charge is -2.36. The number of anilines is 2. The van der Waals surface area contributed by atoms with Gasteiger partial charge in [0.15, 0.2) is 29.4 Å². The first kappa shape index (κ1) is 25.0. The van der Waals surface area contributed by atoms with Gasteiger partial charge in [-0.25, -0.2) is 0 Å². The van der Waals surface area contributed by atoms with Crippen molar-refractivity contribution in [3.05, 3.63) is 23.8 Å². The zero-order chi connectivity index (χ0) is 26.8. The number of fused-ring (bicyclic) bond motifs is 4. The molecule has 0 amide bonds. The van der Waals surface area contributed by atoms with Crippen molar-refractivity contribution in [3.63, 3.8) is 0 Å². The Balaban J connectivity index is 1.08. The smallest absolute Gasteiger partial charge is 0.323 e. The van der Waals surface area contributed by atoms with Gasteiger partial charge >= 0.3 is 6.01 Å². The van der Waals surface area contributed by atoms with Crippen LogP contribution in [0.2, 0.25) is 0 Å². The highest BCUT2D eigenvalue weighted by Crippen LogP contribution is 2.44. The van der Waals surface area contributed by atoms with E-state index in [1.807, 2.05) is 45.9 Å². The molecule has 1 aromatic heterocycles. The molecule has 0 radical (unpaired) electrons. The van der Waals surface area contributed by atoms with Crippen LogP contribution in [0, 0.1) is 0 Å². The second-order valence-electron chi connectivity index (χ2n) is 11.2. The minimum absolute atomic E-state index is 0.122. The highest BCUT2D eigenvalue weighted by molar-refractivity contribution is 5.49. The van der Waals surface area contributed by atoms with Crippen molar-refractivity contribution < 1.29 is 37.9 Å². The Labute approximate surface area is 225 Å². The van der Waals surface area contributed by atoms with E-state index in [2.05, 4.69) is 25.6 Å². The van der Waals surface area contributed by atoms with Gasteiger partial charge in [0.05, 0.1) is 0 Å². The van der Waals surface area contributed by atoms with Crippen LogP contribution in [0.15, 0.2) is 18.2 Å². The van der Waals surface area contributed by atoms with Gasteiger partial charge in [0.25, 0.3) is 0 Å². The number of ether oxygens (including phenoxy) is 8. The fraction of sp³-hybridized carbons (Fsp3) is 0.654. The molecule has 13 nitrogen and oxygen atoms in total. The summed E-state index contributed by atoms with van der Waals surface area (Å²) in [6.45, 7) is 8.22. The number of para-hydroxylation sites is 1. The van der Waals surface area contributed by atoms with Gasteiger partial charge in [0, 0.05) is 18.2 Å². The Morgan fingerprint density at radius 1 is 0.897 bits per heavy atom. The maximum atomic E-state index is 6.25. The molecule has 39 heavy (non-hydrogen) atoms. The van der Waals surface area contributed by atoms with Crippen LogP contribution < -0.4 is 24.8 Å². The maximum Gasteiger partial charge on any atom is 0.323 e. The van der Waals surface area contributed by atoms with Gasteiger partial charge in [0.2, 0.25) is 18.7 Å². The third kappa shape index (κ3) is 5.16. The lowest BCUT2D eigenvalue weighted by Crippen LogP contribution is -2.56. The van der Waals surface area contributed by atoms with Gasteiger partial charge in [0.1, 0.15) is 31.0 Å². The molecule has 13 heteroatoms. The third-order valence-electron chi connectivity index (χ3n) is 7.07. The molecule has 2 N–H and O–H groups in total. The standard InChI is InChI=1S/C26H33N5O8/c1-25(2)36-18-16(35-21-20(19(18)37-25)38-26(3,4)39-21)11-32-24-30-22(29-23(31-24)28-14-8-9-14)27-10-13-6-5-7-15-17(13)34-12-33-15/h5-7,14,16,18-21H,8-12H2,1-4H3,(H2,27,28,29,30,31)/t16-,18+,19+,20-,21-/m1/s1. The molecular weight excluding hydrogens is 510 g/mol. The Kier molecular flexibility index (Phi) is 5.97. The molecule has 2 aromatic rings. The number of hydrogen-bond acceptors (Lipinski definition) is 13. The second kappa shape index (κ2) is 9.30. The largest absolute Gasteiger partial charge is 0.460 e. The molecule has 4 fully saturated rings. The van der Waals surface area contributed by atoms with Crippen molar-refractivity contribution in [2.24, 2.45) is 0 Å². The lowest BCUT2D eigenvalue weighted by molar-refractivity contribution is -0.238. The topological polar surface area (TPSA) is 137 Å². The van der Waals surface area contributed by atoms with E-state index in [0.29, 0.717) is 24.5 Å². The monoisotopic (exact) mass is 543 g/mol. The molecule has 3 saturated heterocycles. The van der Waals surface area contributed by atoms with Crippen molar-refractivity contribution in [1.82, 2.24) is 15.0 Å². The molecule has 1 aliphatic carbocycles. The van der Waals surface area contributed by atoms with Gasteiger partial charge in [-0.1, -0.05) is 12.1 Å². The van der Waals surface area contributed by atoms with Crippen LogP contribution in [0.3, 0.4) is 0 Å². The van der Waals surface area contributed by atoms with Crippen LogP contribution in [-0.2, 0) is 30.2 Å². The predicted molar refractivity (Wildman–Crippen MR) is 134 cm³/mol. The quantitative estimate of drug-likeness (QED) is 0.505. The minimum atomic E-state index is -0.792. The maximum absolute atomic E-state index is 6.25. The Bertz CT molecular complexity index is 1240. The summed E-state index contributed by atoms with van der Waals surface area (Å²) in [6.07, 6.45) is -0.128. The predicted octanol–water partition coefficient (Wildman–Crippen LogP) is 2.56. The number of nitrogens with one attached hydrogen (secondary N) is 2. The second-order valence-corrected chi connectivity index (χ2v) is 11.2. The lowest BCUT2D eigenvalue weighted by atomic mass is 9.99. The molecule has 1 saturated carbocycles. The number of nitrogens with zero attached hydrogens (tertiary/aromatic N) is 3. The first-order chi connectivity index (χ1) is 18.7. The van der Waals surface area contributed by atoms with Crippen LogP contribution in [0.25, 0.3) is 0 Å². The van der Waals surface area contributed by atoms with Gasteiger partial charge < -0.3 is 48.5 Å². The van der Waals surface area contributed by atoms with Crippen molar-refractivity contribution in [2.75, 3.05) is 24.0 Å². The molecule has 1 aromatic carbocycles. The molecule has 4 aliphatic heterocycles. The molecule has 5 aliphatic rings. The number of hydrogen-bond donors (Lipinski definition) is 2. The van der Waals surface area contributed by atoms with E-state index in [-0.39, 0.29) is 25.5 Å². The van der Waals surface area contributed by atoms with Gasteiger partial charge in [-0.2, -0.15) is 15.0 Å². The first-order valence-corrected chi connectivity index (χ1v) is 13.3. The Hall–Kier alpha value is -2.97. The van der Waals surface area contributed by atoms with Crippen molar-refractivity contribution >= 4 is 11.9 Å². The third-order valence-corrected chi connectivity index (χ3v) is 7.07. The van der Waals surface area contributed by atoms with E-state index < -0.39 is 36.2 Å². The molecule has 5 heterocycles. The van der Waals surface area contributed by atoms with Gasteiger partial charge in [-0.3, -0.25) is 0 Å². The van der Waals surface area contributed by atoms with E-state index >= 15 is 0 Å². The van der Waals surface area contributed by atoms with E-state index in [9.17, 15) is 0 Å². The zero-order valence-electron chi connectivity index (χ0n) is 22.3. The average molecular weight is 544 g/mol. The summed E-state index contributed by atoms with van der Waals surface area (Å²) in [5, 5.41) is 6.58. The molecule has 7 rings (SSSR count). The fourth-order valence-electron chi connectivity index (χ4n) is 5.26. The van der Waals surface area contributed by atoms with Crippen LogP contribution in [0.4, 0.5) is 11.9 Å². The SMILES string of the molecule is CC1(C)O[C@H]2[C@@H](O1)[C@@H](COc1nc(NCc3cccc4c3OCO4)nc(NC3CC3)n1)O[C@@H]1OC(C)(C)O[C@@H]12. The Morgan fingerprint density at radius 3 is 2.51 bits per heavy atom. The summed E-state index contributed by atoms with van der Waals surface area (Å²) in [6, 6.07) is 6.28. The van der Waals surface area contributed by atoms with Crippen LogP contribution in [0.1, 0.15) is 46.1 Å². The molecular formula is C26H33N5O8. The van der Waals surface area contributed by atoms with E-state index in [1.54, 1.807) is 0 Å². The summed E-state index contributed by atoms with van der Waals surface area (Å²) in [5.41, 5.74) is 0.934. The van der Waals surface area contributed by atoms with Crippen molar-refractivity contribution in [1.29, 1.82) is 0 Å². The number of rotatable bonds is 8. The summed E-state index contributed by atoms with van der Waals surface area (Å²) >= 11 is 0. The summed E-state index contributed by atoms with van der Waals surface area (Å²) in [7, 11) is 0. The minimum Gasteiger partial charge on any atom is -0.460 e. The zero-order valence-corrected chi connectivity index (χ0v) is 22.3. The molecule has 210 valence electrons. The summed E-state index contributed by atoms with van der Waals surface area (Å²) < 4.78 is 47.9.